The molecule has 0 unspecified atom stereocenters. The van der Waals surface area contributed by atoms with E-state index in [-0.39, 0.29) is 0 Å². The van der Waals surface area contributed by atoms with E-state index in [9.17, 15) is 0 Å². The number of anilines is 1. The number of aromatic nitrogens is 1. The number of hydrogen-bond acceptors (Lipinski definition) is 3. The predicted octanol–water partition coefficient (Wildman–Crippen LogP) is 3.09. The predicted molar refractivity (Wildman–Crippen MR) is 82.2 cm³/mol. The first kappa shape index (κ1) is 14.6. The Balaban J connectivity index is 2.17. The number of piperazine rings is 1. The molecule has 2 heterocycles. The Hall–Kier alpha value is -0.800. The molecule has 1 aromatic heterocycles. The lowest BCUT2D eigenvalue weighted by atomic mass is 10.1. The number of halogens is 1. The summed E-state index contributed by atoms with van der Waals surface area (Å²) in [6, 6.07) is 4.27. The van der Waals surface area contributed by atoms with Gasteiger partial charge in [-0.2, -0.15) is 0 Å². The molecule has 4 heteroatoms. The first-order valence-electron chi connectivity index (χ1n) is 7.18. The lowest BCUT2D eigenvalue weighted by Gasteiger charge is -2.35. The molecule has 0 aliphatic carbocycles. The lowest BCUT2D eigenvalue weighted by molar-refractivity contribution is 0.270. The summed E-state index contributed by atoms with van der Waals surface area (Å²) >= 11 is 6.01. The lowest BCUT2D eigenvalue weighted by Crippen LogP contribution is -2.46. The Morgan fingerprint density at radius 2 is 1.89 bits per heavy atom. The molecule has 0 saturated carbocycles. The first-order chi connectivity index (χ1) is 9.13. The van der Waals surface area contributed by atoms with E-state index in [1.165, 1.54) is 5.56 Å². The molecule has 1 saturated heterocycles. The van der Waals surface area contributed by atoms with Crippen molar-refractivity contribution in [2.75, 3.05) is 37.6 Å². The number of likely N-dealkylation sites (N-methyl/N-ethyl adjacent to an activating group) is 1. The molecule has 106 valence electrons. The molecule has 2 rings (SSSR count). The second kappa shape index (κ2) is 6.58. The molecule has 0 atom stereocenters. The minimum absolute atomic E-state index is 0.443. The smallest absolute Gasteiger partial charge is 0.129 e. The highest BCUT2D eigenvalue weighted by molar-refractivity contribution is 6.17. The molecule has 0 bridgehead atoms. The van der Waals surface area contributed by atoms with Crippen LogP contribution in [0.25, 0.3) is 0 Å². The van der Waals surface area contributed by atoms with Gasteiger partial charge in [0.05, 0.1) is 0 Å². The minimum Gasteiger partial charge on any atom is -0.354 e. The molecule has 0 radical (unpaired) electrons. The van der Waals surface area contributed by atoms with Crippen molar-refractivity contribution in [3.8, 4) is 0 Å². The van der Waals surface area contributed by atoms with Crippen LogP contribution in [0.2, 0.25) is 0 Å². The van der Waals surface area contributed by atoms with Gasteiger partial charge in [-0.3, -0.25) is 0 Å². The van der Waals surface area contributed by atoms with Crippen LogP contribution >= 0.6 is 11.6 Å². The van der Waals surface area contributed by atoms with Crippen molar-refractivity contribution in [2.45, 2.75) is 32.6 Å². The van der Waals surface area contributed by atoms with E-state index < -0.39 is 0 Å². The van der Waals surface area contributed by atoms with Crippen molar-refractivity contribution >= 4 is 17.4 Å². The summed E-state index contributed by atoms with van der Waals surface area (Å²) in [4.78, 5) is 9.66. The Labute approximate surface area is 121 Å². The second-order valence-corrected chi connectivity index (χ2v) is 5.74. The molecule has 1 fully saturated rings. The maximum atomic E-state index is 6.01. The van der Waals surface area contributed by atoms with Gasteiger partial charge in [0.15, 0.2) is 0 Å². The van der Waals surface area contributed by atoms with Gasteiger partial charge in [0.2, 0.25) is 0 Å². The Bertz CT molecular complexity index is 412. The van der Waals surface area contributed by atoms with E-state index in [1.807, 2.05) is 0 Å². The van der Waals surface area contributed by atoms with Gasteiger partial charge in [0, 0.05) is 37.8 Å². The Kier molecular flexibility index (Phi) is 5.06. The van der Waals surface area contributed by atoms with Crippen LogP contribution in [0.15, 0.2) is 12.1 Å². The molecule has 0 amide bonds. The first-order valence-corrected chi connectivity index (χ1v) is 7.71. The number of nitrogens with zero attached hydrogens (tertiary/aromatic N) is 3. The third kappa shape index (κ3) is 3.61. The van der Waals surface area contributed by atoms with Gasteiger partial charge in [-0.25, -0.2) is 4.98 Å². The van der Waals surface area contributed by atoms with Gasteiger partial charge >= 0.3 is 0 Å². The van der Waals surface area contributed by atoms with Crippen molar-refractivity contribution in [3.05, 3.63) is 23.4 Å². The maximum absolute atomic E-state index is 6.01. The van der Waals surface area contributed by atoms with Crippen LogP contribution in [0.1, 0.15) is 37.9 Å². The van der Waals surface area contributed by atoms with E-state index in [1.54, 1.807) is 0 Å². The Morgan fingerprint density at radius 3 is 2.42 bits per heavy atom. The topological polar surface area (TPSA) is 19.4 Å². The van der Waals surface area contributed by atoms with Crippen LogP contribution in [-0.2, 0) is 5.88 Å². The highest BCUT2D eigenvalue weighted by atomic mass is 35.5. The molecule has 1 aromatic rings. The summed E-state index contributed by atoms with van der Waals surface area (Å²) in [6.45, 7) is 12.1. The molecular weight excluding hydrogens is 258 g/mol. The quantitative estimate of drug-likeness (QED) is 0.791. The van der Waals surface area contributed by atoms with E-state index in [2.05, 4.69) is 42.7 Å². The second-order valence-electron chi connectivity index (χ2n) is 5.47. The van der Waals surface area contributed by atoms with Crippen LogP contribution in [0.5, 0.6) is 0 Å². The summed E-state index contributed by atoms with van der Waals surface area (Å²) in [7, 11) is 0. The fourth-order valence-corrected chi connectivity index (χ4v) is 2.58. The Morgan fingerprint density at radius 1 is 1.21 bits per heavy atom. The van der Waals surface area contributed by atoms with Crippen LogP contribution in [0, 0.1) is 0 Å². The van der Waals surface area contributed by atoms with Gasteiger partial charge in [-0.15, -0.1) is 11.6 Å². The van der Waals surface area contributed by atoms with Crippen molar-refractivity contribution in [3.63, 3.8) is 0 Å². The van der Waals surface area contributed by atoms with Crippen molar-refractivity contribution in [1.82, 2.24) is 9.88 Å². The average Bonchev–Trinajstić information content (AvgIpc) is 2.46. The zero-order valence-corrected chi connectivity index (χ0v) is 13.0. The molecule has 1 aliphatic rings. The molecule has 3 nitrogen and oxygen atoms in total. The standard InChI is InChI=1S/C15H24ClN3/c1-4-18-5-7-19(8-6-18)15-10-13(11-16)9-14(17-15)12(2)3/h9-10,12H,4-8,11H2,1-3H3. The summed E-state index contributed by atoms with van der Waals surface area (Å²) in [6.07, 6.45) is 0. The zero-order chi connectivity index (χ0) is 13.8. The number of hydrogen-bond donors (Lipinski definition) is 0. The summed E-state index contributed by atoms with van der Waals surface area (Å²) < 4.78 is 0. The number of rotatable bonds is 4. The van der Waals surface area contributed by atoms with E-state index >= 15 is 0 Å². The molecule has 1 aliphatic heterocycles. The van der Waals surface area contributed by atoms with Crippen LogP contribution in [0.3, 0.4) is 0 Å². The molecule has 0 aromatic carbocycles. The highest BCUT2D eigenvalue weighted by Gasteiger charge is 2.18. The molecule has 0 spiro atoms. The van der Waals surface area contributed by atoms with Gasteiger partial charge in [-0.05, 0) is 30.2 Å². The molecule has 19 heavy (non-hydrogen) atoms. The van der Waals surface area contributed by atoms with Gasteiger partial charge < -0.3 is 9.80 Å². The van der Waals surface area contributed by atoms with Crippen LogP contribution in [0.4, 0.5) is 5.82 Å². The summed E-state index contributed by atoms with van der Waals surface area (Å²) in [5.41, 5.74) is 2.32. The maximum Gasteiger partial charge on any atom is 0.129 e. The summed E-state index contributed by atoms with van der Waals surface area (Å²) in [5, 5.41) is 0. The normalized spacial score (nSPS) is 17.2. The zero-order valence-electron chi connectivity index (χ0n) is 12.2. The largest absolute Gasteiger partial charge is 0.354 e. The van der Waals surface area contributed by atoms with Crippen molar-refractivity contribution in [2.24, 2.45) is 0 Å². The fraction of sp³-hybridized carbons (Fsp3) is 0.667. The summed E-state index contributed by atoms with van der Waals surface area (Å²) in [5.74, 6) is 2.10. The van der Waals surface area contributed by atoms with E-state index in [4.69, 9.17) is 16.6 Å². The van der Waals surface area contributed by atoms with Crippen molar-refractivity contribution < 1.29 is 0 Å². The third-order valence-electron chi connectivity index (χ3n) is 3.78. The van der Waals surface area contributed by atoms with Gasteiger partial charge in [0.25, 0.3) is 0 Å². The fourth-order valence-electron chi connectivity index (χ4n) is 2.42. The SMILES string of the molecule is CCN1CCN(c2cc(CCl)cc(C(C)C)n2)CC1. The van der Waals surface area contributed by atoms with E-state index in [0.717, 1.165) is 44.2 Å². The van der Waals surface area contributed by atoms with Crippen LogP contribution in [-0.4, -0.2) is 42.6 Å². The van der Waals surface area contributed by atoms with Gasteiger partial charge in [0.1, 0.15) is 5.82 Å². The monoisotopic (exact) mass is 281 g/mol. The molecular formula is C15H24ClN3. The van der Waals surface area contributed by atoms with E-state index in [0.29, 0.717) is 11.8 Å². The minimum atomic E-state index is 0.443. The average molecular weight is 282 g/mol. The highest BCUT2D eigenvalue weighted by Crippen LogP contribution is 2.22. The van der Waals surface area contributed by atoms with Crippen LogP contribution < -0.4 is 4.90 Å². The van der Waals surface area contributed by atoms with Gasteiger partial charge in [-0.1, -0.05) is 20.8 Å². The number of alkyl halides is 1. The number of pyridine rings is 1. The van der Waals surface area contributed by atoms with Crippen molar-refractivity contribution in [1.29, 1.82) is 0 Å². The third-order valence-corrected chi connectivity index (χ3v) is 4.09. The molecule has 0 N–H and O–H groups in total.